The molecular weight excluding hydrogens is 242 g/mol. The zero-order chi connectivity index (χ0) is 14.3. The van der Waals surface area contributed by atoms with Gasteiger partial charge in [0.25, 0.3) is 0 Å². The van der Waals surface area contributed by atoms with E-state index in [4.69, 9.17) is 9.47 Å². The minimum Gasteiger partial charge on any atom is -0.497 e. The molecule has 1 aromatic rings. The van der Waals surface area contributed by atoms with Crippen LogP contribution in [0, 0.1) is 5.92 Å². The van der Waals surface area contributed by atoms with Crippen LogP contribution in [0.5, 0.6) is 5.75 Å². The Morgan fingerprint density at radius 3 is 2.79 bits per heavy atom. The minimum atomic E-state index is -0.139. The van der Waals surface area contributed by atoms with Crippen molar-refractivity contribution in [2.75, 3.05) is 27.3 Å². The summed E-state index contributed by atoms with van der Waals surface area (Å²) in [6, 6.07) is 7.95. The van der Waals surface area contributed by atoms with Gasteiger partial charge < -0.3 is 14.4 Å². The van der Waals surface area contributed by atoms with Gasteiger partial charge in [0, 0.05) is 13.1 Å². The summed E-state index contributed by atoms with van der Waals surface area (Å²) in [4.78, 5) is 13.7. The quantitative estimate of drug-likeness (QED) is 0.709. The third-order valence-electron chi connectivity index (χ3n) is 2.86. The van der Waals surface area contributed by atoms with E-state index in [1.54, 1.807) is 7.11 Å². The van der Waals surface area contributed by atoms with E-state index in [9.17, 15) is 4.79 Å². The first-order valence-electron chi connectivity index (χ1n) is 6.55. The van der Waals surface area contributed by atoms with Gasteiger partial charge in [0.2, 0.25) is 0 Å². The molecule has 0 radical (unpaired) electrons. The molecular formula is C15H23NO3. The molecule has 0 aliphatic carbocycles. The van der Waals surface area contributed by atoms with Gasteiger partial charge in [-0.2, -0.15) is 0 Å². The third-order valence-corrected chi connectivity index (χ3v) is 2.86. The first kappa shape index (κ1) is 15.5. The second-order valence-corrected chi connectivity index (χ2v) is 4.70. The van der Waals surface area contributed by atoms with Gasteiger partial charge in [0.1, 0.15) is 5.75 Å². The summed E-state index contributed by atoms with van der Waals surface area (Å²) in [5, 5.41) is 0. The molecule has 1 rings (SSSR count). The summed E-state index contributed by atoms with van der Waals surface area (Å²) in [6.45, 7) is 5.60. The molecule has 0 N–H and O–H groups in total. The van der Waals surface area contributed by atoms with Crippen LogP contribution in [0.15, 0.2) is 24.3 Å². The van der Waals surface area contributed by atoms with E-state index in [0.717, 1.165) is 17.9 Å². The van der Waals surface area contributed by atoms with Crippen LogP contribution in [0.3, 0.4) is 0 Å². The predicted octanol–water partition coefficient (Wildman–Crippen LogP) is 2.33. The lowest BCUT2D eigenvalue weighted by atomic mass is 10.1. The first-order valence-corrected chi connectivity index (χ1v) is 6.55. The number of rotatable bonds is 7. The largest absolute Gasteiger partial charge is 0.497 e. The van der Waals surface area contributed by atoms with Crippen LogP contribution in [-0.4, -0.2) is 38.2 Å². The lowest BCUT2D eigenvalue weighted by Crippen LogP contribution is -2.29. The van der Waals surface area contributed by atoms with Crippen LogP contribution in [-0.2, 0) is 16.1 Å². The van der Waals surface area contributed by atoms with Crippen LogP contribution in [0.1, 0.15) is 19.4 Å². The summed E-state index contributed by atoms with van der Waals surface area (Å²) in [6.07, 6.45) is 0. The monoisotopic (exact) mass is 265 g/mol. The van der Waals surface area contributed by atoms with Gasteiger partial charge >= 0.3 is 5.97 Å². The van der Waals surface area contributed by atoms with Crippen molar-refractivity contribution < 1.29 is 14.3 Å². The van der Waals surface area contributed by atoms with Crippen molar-refractivity contribution in [1.29, 1.82) is 0 Å². The Balaban J connectivity index is 2.50. The maximum atomic E-state index is 11.6. The predicted molar refractivity (Wildman–Crippen MR) is 75.1 cm³/mol. The topological polar surface area (TPSA) is 38.8 Å². The fourth-order valence-corrected chi connectivity index (χ4v) is 1.97. The number of esters is 1. The molecule has 0 saturated carbocycles. The molecule has 0 bridgehead atoms. The lowest BCUT2D eigenvalue weighted by Gasteiger charge is -2.20. The van der Waals surface area contributed by atoms with E-state index in [1.807, 2.05) is 45.2 Å². The normalized spacial score (nSPS) is 12.3. The maximum absolute atomic E-state index is 11.6. The molecule has 1 unspecified atom stereocenters. The molecule has 0 aromatic heterocycles. The van der Waals surface area contributed by atoms with Crippen molar-refractivity contribution in [3.63, 3.8) is 0 Å². The van der Waals surface area contributed by atoms with Gasteiger partial charge in [-0.25, -0.2) is 0 Å². The number of ether oxygens (including phenoxy) is 2. The highest BCUT2D eigenvalue weighted by atomic mass is 16.5. The Morgan fingerprint density at radius 2 is 2.16 bits per heavy atom. The van der Waals surface area contributed by atoms with Gasteiger partial charge in [-0.3, -0.25) is 4.79 Å². The highest BCUT2D eigenvalue weighted by molar-refractivity contribution is 5.72. The average Bonchev–Trinajstić information content (AvgIpc) is 2.39. The number of methoxy groups -OCH3 is 1. The zero-order valence-electron chi connectivity index (χ0n) is 12.2. The summed E-state index contributed by atoms with van der Waals surface area (Å²) in [7, 11) is 3.65. The van der Waals surface area contributed by atoms with Crippen LogP contribution in [0.4, 0.5) is 0 Å². The summed E-state index contributed by atoms with van der Waals surface area (Å²) < 4.78 is 10.2. The highest BCUT2D eigenvalue weighted by Crippen LogP contribution is 2.14. The number of nitrogens with zero attached hydrogens (tertiary/aromatic N) is 1. The maximum Gasteiger partial charge on any atom is 0.309 e. The lowest BCUT2D eigenvalue weighted by molar-refractivity contribution is -0.147. The molecule has 0 heterocycles. The Kier molecular flexibility index (Phi) is 6.36. The van der Waals surface area contributed by atoms with Crippen molar-refractivity contribution in [3.8, 4) is 5.75 Å². The number of hydrogen-bond acceptors (Lipinski definition) is 4. The van der Waals surface area contributed by atoms with Crippen molar-refractivity contribution in [3.05, 3.63) is 29.8 Å². The smallest absolute Gasteiger partial charge is 0.309 e. The van der Waals surface area contributed by atoms with E-state index in [1.165, 1.54) is 0 Å². The molecule has 0 saturated heterocycles. The molecule has 0 fully saturated rings. The van der Waals surface area contributed by atoms with Gasteiger partial charge in [0.15, 0.2) is 0 Å². The Labute approximate surface area is 115 Å². The summed E-state index contributed by atoms with van der Waals surface area (Å²) in [5.74, 6) is 0.597. The Bertz CT molecular complexity index is 406. The van der Waals surface area contributed by atoms with E-state index in [2.05, 4.69) is 4.90 Å². The van der Waals surface area contributed by atoms with Crippen molar-refractivity contribution in [1.82, 2.24) is 4.90 Å². The fraction of sp³-hybridized carbons (Fsp3) is 0.533. The number of hydrogen-bond donors (Lipinski definition) is 0. The number of carbonyl (C=O) groups excluding carboxylic acids is 1. The van der Waals surface area contributed by atoms with E-state index in [-0.39, 0.29) is 11.9 Å². The second kappa shape index (κ2) is 7.79. The molecule has 19 heavy (non-hydrogen) atoms. The number of carbonyl (C=O) groups is 1. The molecule has 0 amide bonds. The van der Waals surface area contributed by atoms with Crippen molar-refractivity contribution >= 4 is 5.97 Å². The minimum absolute atomic E-state index is 0.115. The van der Waals surface area contributed by atoms with Gasteiger partial charge in [-0.1, -0.05) is 19.1 Å². The average molecular weight is 265 g/mol. The molecule has 1 aromatic carbocycles. The highest BCUT2D eigenvalue weighted by Gasteiger charge is 2.16. The third kappa shape index (κ3) is 5.30. The van der Waals surface area contributed by atoms with Crippen LogP contribution < -0.4 is 4.74 Å². The van der Waals surface area contributed by atoms with E-state index in [0.29, 0.717) is 13.2 Å². The summed E-state index contributed by atoms with van der Waals surface area (Å²) in [5.41, 5.74) is 1.16. The van der Waals surface area contributed by atoms with Crippen LogP contribution in [0.2, 0.25) is 0 Å². The Hall–Kier alpha value is -1.55. The fourth-order valence-electron chi connectivity index (χ4n) is 1.97. The molecule has 106 valence electrons. The standard InChI is InChI=1S/C15H23NO3/c1-5-19-15(17)12(2)10-16(3)11-13-7-6-8-14(9-13)18-4/h6-9,12H,5,10-11H2,1-4H3. The first-order chi connectivity index (χ1) is 9.06. The molecule has 0 spiro atoms. The molecule has 0 aliphatic heterocycles. The van der Waals surface area contributed by atoms with Crippen molar-refractivity contribution in [2.45, 2.75) is 20.4 Å². The van der Waals surface area contributed by atoms with Gasteiger partial charge in [-0.15, -0.1) is 0 Å². The molecule has 4 heteroatoms. The molecule has 4 nitrogen and oxygen atoms in total. The second-order valence-electron chi connectivity index (χ2n) is 4.70. The summed E-state index contributed by atoms with van der Waals surface area (Å²) >= 11 is 0. The van der Waals surface area contributed by atoms with Crippen LogP contribution in [0.25, 0.3) is 0 Å². The van der Waals surface area contributed by atoms with Gasteiger partial charge in [0.05, 0.1) is 19.6 Å². The van der Waals surface area contributed by atoms with Gasteiger partial charge in [-0.05, 0) is 31.7 Å². The Morgan fingerprint density at radius 1 is 1.42 bits per heavy atom. The zero-order valence-corrected chi connectivity index (χ0v) is 12.2. The number of benzene rings is 1. The molecule has 0 aliphatic rings. The SMILES string of the molecule is CCOC(=O)C(C)CN(C)Cc1cccc(OC)c1. The molecule has 1 atom stereocenters. The van der Waals surface area contributed by atoms with E-state index >= 15 is 0 Å². The van der Waals surface area contributed by atoms with Crippen molar-refractivity contribution in [2.24, 2.45) is 5.92 Å². The van der Waals surface area contributed by atoms with Crippen LogP contribution >= 0.6 is 0 Å². The van der Waals surface area contributed by atoms with E-state index < -0.39 is 0 Å².